The molecule has 0 spiro atoms. The van der Waals surface area contributed by atoms with E-state index in [2.05, 4.69) is 16.0 Å². The molecule has 0 aromatic heterocycles. The molecule has 3 N–H and O–H groups in total. The van der Waals surface area contributed by atoms with Crippen LogP contribution in [-0.4, -0.2) is 23.8 Å². The normalized spacial score (nSPS) is 16.0. The molecule has 10 heteroatoms. The molecular formula is C20H16Cl2N3NaO4. The van der Waals surface area contributed by atoms with Crippen LogP contribution in [0.4, 0.5) is 17.1 Å². The van der Waals surface area contributed by atoms with Gasteiger partial charge >= 0.3 is 29.6 Å². The van der Waals surface area contributed by atoms with Gasteiger partial charge in [0.25, 0.3) is 0 Å². The molecule has 0 radical (unpaired) electrons. The van der Waals surface area contributed by atoms with Crippen LogP contribution in [0.3, 0.4) is 0 Å². The topological polar surface area (TPSA) is 110 Å². The first-order chi connectivity index (χ1) is 13.7. The summed E-state index contributed by atoms with van der Waals surface area (Å²) < 4.78 is 0. The molecule has 150 valence electrons. The number of benzene rings is 2. The van der Waals surface area contributed by atoms with Crippen LogP contribution in [0.15, 0.2) is 42.5 Å². The van der Waals surface area contributed by atoms with Crippen molar-refractivity contribution in [3.63, 3.8) is 0 Å². The van der Waals surface area contributed by atoms with Crippen LogP contribution in [0.25, 0.3) is 5.57 Å². The van der Waals surface area contributed by atoms with Crippen LogP contribution < -0.4 is 50.6 Å². The summed E-state index contributed by atoms with van der Waals surface area (Å²) >= 11 is 12.3. The van der Waals surface area contributed by atoms with Crippen LogP contribution in [-0.2, 0) is 14.4 Å². The standard InChI is InChI=1S/C20H17Cl2N3O4.Na/c1-10(26)23-13-2-4-14(5-3-13)24-18(27)7-11-6-17(20(28)29)25-16-9-12(21)8-15(22)19(11)16;/h2-5,7-9,17,25H,6H2,1H3,(H,23,26)(H,24,27)(H,28,29);/q;+1/p-1/b11-7+;. The van der Waals surface area contributed by atoms with E-state index in [1.54, 1.807) is 30.3 Å². The van der Waals surface area contributed by atoms with E-state index >= 15 is 0 Å². The Morgan fingerprint density at radius 3 is 2.27 bits per heavy atom. The van der Waals surface area contributed by atoms with Crippen molar-refractivity contribution in [2.24, 2.45) is 0 Å². The van der Waals surface area contributed by atoms with E-state index in [9.17, 15) is 19.5 Å². The Labute approximate surface area is 205 Å². The van der Waals surface area contributed by atoms with Crippen molar-refractivity contribution >= 4 is 63.6 Å². The number of carbonyl (C=O) groups is 3. The van der Waals surface area contributed by atoms with Crippen LogP contribution in [0.1, 0.15) is 18.9 Å². The number of carboxylic acids is 1. The molecule has 0 saturated heterocycles. The number of aliphatic carboxylic acids is 1. The van der Waals surface area contributed by atoms with E-state index in [-0.39, 0.29) is 41.9 Å². The summed E-state index contributed by atoms with van der Waals surface area (Å²) in [5, 5.41) is 20.1. The smallest absolute Gasteiger partial charge is 0.548 e. The Bertz CT molecular complexity index is 1030. The Balaban J connectivity index is 0.00000320. The first kappa shape index (κ1) is 24.2. The Morgan fingerprint density at radius 2 is 1.70 bits per heavy atom. The van der Waals surface area contributed by atoms with Gasteiger partial charge in [-0.2, -0.15) is 0 Å². The van der Waals surface area contributed by atoms with Gasteiger partial charge in [-0.05, 0) is 48.4 Å². The van der Waals surface area contributed by atoms with Gasteiger partial charge in [0.1, 0.15) is 0 Å². The van der Waals surface area contributed by atoms with Crippen molar-refractivity contribution in [1.29, 1.82) is 0 Å². The van der Waals surface area contributed by atoms with Crippen LogP contribution in [0, 0.1) is 0 Å². The molecule has 7 nitrogen and oxygen atoms in total. The van der Waals surface area contributed by atoms with Crippen LogP contribution in [0.5, 0.6) is 0 Å². The molecule has 0 saturated carbocycles. The van der Waals surface area contributed by atoms with Crippen molar-refractivity contribution in [2.75, 3.05) is 16.0 Å². The third kappa shape index (κ3) is 6.00. The average molecular weight is 456 g/mol. The molecule has 0 aliphatic carbocycles. The number of fused-ring (bicyclic) bond motifs is 1. The van der Waals surface area contributed by atoms with Gasteiger partial charge in [-0.3, -0.25) is 9.59 Å². The van der Waals surface area contributed by atoms with E-state index < -0.39 is 17.9 Å². The van der Waals surface area contributed by atoms with Gasteiger partial charge in [0.15, 0.2) is 0 Å². The molecule has 1 heterocycles. The maximum atomic E-state index is 12.5. The fourth-order valence-electron chi connectivity index (χ4n) is 3.02. The summed E-state index contributed by atoms with van der Waals surface area (Å²) in [7, 11) is 0. The predicted octanol–water partition coefficient (Wildman–Crippen LogP) is -0.0880. The molecule has 2 aromatic rings. The van der Waals surface area contributed by atoms with Crippen molar-refractivity contribution in [3.8, 4) is 0 Å². The molecule has 1 unspecified atom stereocenters. The summed E-state index contributed by atoms with van der Waals surface area (Å²) in [6.07, 6.45) is 1.32. The van der Waals surface area contributed by atoms with Gasteiger partial charge in [-0.15, -0.1) is 0 Å². The zero-order chi connectivity index (χ0) is 21.1. The SMILES string of the molecule is CC(=O)Nc1ccc(NC(=O)/C=C2\CC(C(=O)[O-])Nc3cc(Cl)cc(Cl)c32)cc1.[Na+]. The summed E-state index contributed by atoms with van der Waals surface area (Å²) in [6.45, 7) is 1.40. The second-order valence-corrected chi connectivity index (χ2v) is 7.29. The quantitative estimate of drug-likeness (QED) is 0.440. The second-order valence-electron chi connectivity index (χ2n) is 6.45. The third-order valence-corrected chi connectivity index (χ3v) is 4.71. The van der Waals surface area contributed by atoms with Crippen LogP contribution >= 0.6 is 23.2 Å². The van der Waals surface area contributed by atoms with E-state index in [0.717, 1.165) is 0 Å². The minimum atomic E-state index is -1.30. The molecular weight excluding hydrogens is 440 g/mol. The Kier molecular flexibility index (Phi) is 8.34. The van der Waals surface area contributed by atoms with E-state index in [1.165, 1.54) is 19.1 Å². The third-order valence-electron chi connectivity index (χ3n) is 4.19. The molecule has 2 amide bonds. The molecule has 0 fully saturated rings. The van der Waals surface area contributed by atoms with Gasteiger partial charge in [-0.25, -0.2) is 0 Å². The van der Waals surface area contributed by atoms with E-state index in [4.69, 9.17) is 23.2 Å². The van der Waals surface area contributed by atoms with Gasteiger partial charge in [0.05, 0.1) is 17.0 Å². The average Bonchev–Trinajstić information content (AvgIpc) is 2.61. The molecule has 3 rings (SSSR count). The summed E-state index contributed by atoms with van der Waals surface area (Å²) in [4.78, 5) is 34.9. The molecule has 2 aromatic carbocycles. The Hall–Kier alpha value is -2.03. The van der Waals surface area contributed by atoms with E-state index in [0.29, 0.717) is 38.2 Å². The number of amides is 2. The largest absolute Gasteiger partial charge is 1.00 e. The number of hydrogen-bond acceptors (Lipinski definition) is 5. The van der Waals surface area contributed by atoms with Gasteiger partial charge in [-0.1, -0.05) is 23.2 Å². The number of carboxylic acid groups (broad SMARTS) is 1. The number of halogens is 2. The number of anilines is 3. The monoisotopic (exact) mass is 455 g/mol. The van der Waals surface area contributed by atoms with Gasteiger partial charge in [0.2, 0.25) is 11.8 Å². The first-order valence-corrected chi connectivity index (χ1v) is 9.34. The van der Waals surface area contributed by atoms with Crippen molar-refractivity contribution in [2.45, 2.75) is 19.4 Å². The van der Waals surface area contributed by atoms with E-state index in [1.807, 2.05) is 0 Å². The number of nitrogens with one attached hydrogen (secondary N) is 3. The number of carbonyl (C=O) groups excluding carboxylic acids is 3. The van der Waals surface area contributed by atoms with Crippen LogP contribution in [0.2, 0.25) is 10.0 Å². The summed E-state index contributed by atoms with van der Waals surface area (Å²) in [5.74, 6) is -1.95. The Morgan fingerprint density at radius 1 is 1.10 bits per heavy atom. The van der Waals surface area contributed by atoms with Crippen molar-refractivity contribution < 1.29 is 49.0 Å². The molecule has 1 aliphatic heterocycles. The maximum Gasteiger partial charge on any atom is 1.00 e. The molecule has 1 atom stereocenters. The van der Waals surface area contributed by atoms with Crippen molar-refractivity contribution in [1.82, 2.24) is 0 Å². The maximum absolute atomic E-state index is 12.5. The number of rotatable bonds is 4. The van der Waals surface area contributed by atoms with Crippen molar-refractivity contribution in [3.05, 3.63) is 58.1 Å². The fourth-order valence-corrected chi connectivity index (χ4v) is 3.64. The first-order valence-electron chi connectivity index (χ1n) is 8.59. The second kappa shape index (κ2) is 10.3. The van der Waals surface area contributed by atoms with Gasteiger partial charge in [0, 0.05) is 40.6 Å². The minimum absolute atomic E-state index is 0. The fraction of sp³-hybridized carbons (Fsp3) is 0.150. The minimum Gasteiger partial charge on any atom is -0.548 e. The molecule has 1 aliphatic rings. The summed E-state index contributed by atoms with van der Waals surface area (Å²) in [6, 6.07) is 8.61. The number of hydrogen-bond donors (Lipinski definition) is 3. The van der Waals surface area contributed by atoms with Gasteiger partial charge < -0.3 is 25.9 Å². The zero-order valence-electron chi connectivity index (χ0n) is 16.2. The summed E-state index contributed by atoms with van der Waals surface area (Å²) in [5.41, 5.74) is 2.49. The molecule has 30 heavy (non-hydrogen) atoms. The zero-order valence-corrected chi connectivity index (χ0v) is 19.7. The predicted molar refractivity (Wildman–Crippen MR) is 111 cm³/mol. The molecule has 0 bridgehead atoms.